The van der Waals surface area contributed by atoms with Gasteiger partial charge in [-0.15, -0.1) is 0 Å². The number of methoxy groups -OCH3 is 1. The normalized spacial score (nSPS) is 18.4. The molecule has 0 spiro atoms. The lowest BCUT2D eigenvalue weighted by molar-refractivity contribution is 0.276. The van der Waals surface area contributed by atoms with E-state index in [1.165, 1.54) is 13.2 Å². The second-order valence-electron chi connectivity index (χ2n) is 4.26. The minimum Gasteiger partial charge on any atom is -0.493 e. The summed E-state index contributed by atoms with van der Waals surface area (Å²) in [6.07, 6.45) is 0.642. The highest BCUT2D eigenvalue weighted by Crippen LogP contribution is 2.44. The summed E-state index contributed by atoms with van der Waals surface area (Å²) < 4.78 is 18.9. The van der Waals surface area contributed by atoms with Crippen molar-refractivity contribution in [1.29, 1.82) is 0 Å². The summed E-state index contributed by atoms with van der Waals surface area (Å²) in [6.45, 7) is 3.89. The molecule has 94 valence electrons. The molecular formula is C13H18FNO2. The summed E-state index contributed by atoms with van der Waals surface area (Å²) in [7, 11) is 1.49. The van der Waals surface area contributed by atoms with Gasteiger partial charge in [0.1, 0.15) is 0 Å². The summed E-state index contributed by atoms with van der Waals surface area (Å²) in [5.74, 6) is 0.157. The highest BCUT2D eigenvalue weighted by atomic mass is 19.1. The number of hydrogen-bond donors (Lipinski definition) is 1. The Kier molecular flexibility index (Phi) is 3.52. The number of likely N-dealkylation sites (N-methyl/N-ethyl adjacent to an activating group) is 1. The van der Waals surface area contributed by atoms with Crippen LogP contribution in [0.5, 0.6) is 5.75 Å². The first-order valence-corrected chi connectivity index (χ1v) is 5.95. The molecule has 1 unspecified atom stereocenters. The standard InChI is InChI=1S/C13H18FNO2/c1-3-15-8-9(6-7-16)12-11(15)5-4-10(14)13(12)17-2/h4-5,9,16H,3,6-8H2,1-2H3. The number of ether oxygens (including phenoxy) is 1. The average Bonchev–Trinajstić information content (AvgIpc) is 2.68. The van der Waals surface area contributed by atoms with Crippen molar-refractivity contribution in [2.24, 2.45) is 0 Å². The first-order valence-electron chi connectivity index (χ1n) is 5.95. The van der Waals surface area contributed by atoms with Crippen LogP contribution in [-0.4, -0.2) is 31.9 Å². The van der Waals surface area contributed by atoms with Crippen LogP contribution in [0.3, 0.4) is 0 Å². The zero-order chi connectivity index (χ0) is 12.4. The van der Waals surface area contributed by atoms with E-state index in [1.54, 1.807) is 6.07 Å². The highest BCUT2D eigenvalue weighted by Gasteiger charge is 2.31. The van der Waals surface area contributed by atoms with E-state index in [4.69, 9.17) is 9.84 Å². The number of aliphatic hydroxyl groups is 1. The minimum atomic E-state index is -0.327. The second-order valence-corrected chi connectivity index (χ2v) is 4.26. The van der Waals surface area contributed by atoms with Crippen LogP contribution in [0, 0.1) is 5.82 Å². The van der Waals surface area contributed by atoms with Crippen LogP contribution in [0.4, 0.5) is 10.1 Å². The van der Waals surface area contributed by atoms with E-state index in [9.17, 15) is 4.39 Å². The number of benzene rings is 1. The molecule has 1 atom stereocenters. The molecule has 0 saturated heterocycles. The van der Waals surface area contributed by atoms with Gasteiger partial charge in [-0.3, -0.25) is 0 Å². The predicted molar refractivity (Wildman–Crippen MR) is 65.3 cm³/mol. The maximum Gasteiger partial charge on any atom is 0.165 e. The fourth-order valence-electron chi connectivity index (χ4n) is 2.59. The number of hydrogen-bond acceptors (Lipinski definition) is 3. The molecule has 4 heteroatoms. The fourth-order valence-corrected chi connectivity index (χ4v) is 2.59. The molecule has 2 rings (SSSR count). The summed E-state index contributed by atoms with van der Waals surface area (Å²) >= 11 is 0. The van der Waals surface area contributed by atoms with Gasteiger partial charge in [-0.1, -0.05) is 0 Å². The van der Waals surface area contributed by atoms with Gasteiger partial charge in [0.2, 0.25) is 0 Å². The maximum absolute atomic E-state index is 13.7. The van der Waals surface area contributed by atoms with Gasteiger partial charge in [0.05, 0.1) is 7.11 Å². The van der Waals surface area contributed by atoms with Crippen LogP contribution >= 0.6 is 0 Å². The van der Waals surface area contributed by atoms with Gasteiger partial charge in [0, 0.05) is 36.9 Å². The molecule has 0 radical (unpaired) electrons. The molecule has 1 aromatic rings. The SMILES string of the molecule is CCN1CC(CCO)c2c1ccc(F)c2OC. The summed E-state index contributed by atoms with van der Waals surface area (Å²) in [4.78, 5) is 2.19. The predicted octanol–water partition coefficient (Wildman–Crippen LogP) is 2.14. The molecule has 1 N–H and O–H groups in total. The number of fused-ring (bicyclic) bond motifs is 1. The molecule has 1 aromatic carbocycles. The van der Waals surface area contributed by atoms with Gasteiger partial charge in [-0.25, -0.2) is 4.39 Å². The van der Waals surface area contributed by atoms with E-state index < -0.39 is 0 Å². The second kappa shape index (κ2) is 4.92. The quantitative estimate of drug-likeness (QED) is 0.873. The fraction of sp³-hybridized carbons (Fsp3) is 0.538. The number of rotatable bonds is 4. The third kappa shape index (κ3) is 1.97. The molecule has 0 aromatic heterocycles. The molecule has 0 saturated carbocycles. The van der Waals surface area contributed by atoms with Crippen LogP contribution < -0.4 is 9.64 Å². The largest absolute Gasteiger partial charge is 0.493 e. The number of nitrogens with zero attached hydrogens (tertiary/aromatic N) is 1. The van der Waals surface area contributed by atoms with E-state index in [2.05, 4.69) is 11.8 Å². The van der Waals surface area contributed by atoms with E-state index in [-0.39, 0.29) is 18.3 Å². The molecule has 17 heavy (non-hydrogen) atoms. The van der Waals surface area contributed by atoms with Gasteiger partial charge < -0.3 is 14.7 Å². The van der Waals surface area contributed by atoms with Gasteiger partial charge in [-0.2, -0.15) is 0 Å². The Morgan fingerprint density at radius 1 is 1.53 bits per heavy atom. The molecule has 1 heterocycles. The summed E-state index contributed by atoms with van der Waals surface area (Å²) in [5, 5.41) is 9.09. The Balaban J connectivity index is 2.49. The van der Waals surface area contributed by atoms with E-state index in [0.29, 0.717) is 12.2 Å². The monoisotopic (exact) mass is 239 g/mol. The number of anilines is 1. The van der Waals surface area contributed by atoms with Gasteiger partial charge in [0.25, 0.3) is 0 Å². The van der Waals surface area contributed by atoms with Crippen molar-refractivity contribution in [3.63, 3.8) is 0 Å². The molecule has 3 nitrogen and oxygen atoms in total. The minimum absolute atomic E-state index is 0.112. The zero-order valence-electron chi connectivity index (χ0n) is 10.2. The first kappa shape index (κ1) is 12.2. The van der Waals surface area contributed by atoms with Crippen molar-refractivity contribution >= 4 is 5.69 Å². The molecule has 0 bridgehead atoms. The molecular weight excluding hydrogens is 221 g/mol. The lowest BCUT2D eigenvalue weighted by atomic mass is 9.97. The van der Waals surface area contributed by atoms with Gasteiger partial charge in [-0.05, 0) is 25.5 Å². The highest BCUT2D eigenvalue weighted by molar-refractivity contribution is 5.65. The van der Waals surface area contributed by atoms with E-state index in [0.717, 1.165) is 24.3 Å². The first-order chi connectivity index (χ1) is 8.22. The Bertz CT molecular complexity index is 409. The Labute approximate surface area is 101 Å². The van der Waals surface area contributed by atoms with Gasteiger partial charge in [0.15, 0.2) is 11.6 Å². The molecule has 0 amide bonds. The van der Waals surface area contributed by atoms with Crippen LogP contribution in [0.2, 0.25) is 0 Å². The number of aliphatic hydroxyl groups excluding tert-OH is 1. The van der Waals surface area contributed by atoms with Crippen LogP contribution in [0.1, 0.15) is 24.8 Å². The van der Waals surface area contributed by atoms with Crippen LogP contribution in [-0.2, 0) is 0 Å². The average molecular weight is 239 g/mol. The molecule has 0 aliphatic carbocycles. The van der Waals surface area contributed by atoms with Crippen molar-refractivity contribution in [2.75, 3.05) is 31.7 Å². The van der Waals surface area contributed by atoms with Crippen molar-refractivity contribution in [2.45, 2.75) is 19.3 Å². The number of halogens is 1. The molecule has 1 aliphatic rings. The van der Waals surface area contributed by atoms with Crippen molar-refractivity contribution in [3.8, 4) is 5.75 Å². The van der Waals surface area contributed by atoms with E-state index >= 15 is 0 Å². The third-order valence-corrected chi connectivity index (χ3v) is 3.38. The zero-order valence-corrected chi connectivity index (χ0v) is 10.2. The lowest BCUT2D eigenvalue weighted by Gasteiger charge is -2.17. The summed E-state index contributed by atoms with van der Waals surface area (Å²) in [5.41, 5.74) is 1.94. The van der Waals surface area contributed by atoms with Gasteiger partial charge >= 0.3 is 0 Å². The topological polar surface area (TPSA) is 32.7 Å². The van der Waals surface area contributed by atoms with Crippen molar-refractivity contribution in [1.82, 2.24) is 0 Å². The Morgan fingerprint density at radius 2 is 2.29 bits per heavy atom. The Morgan fingerprint density at radius 3 is 2.88 bits per heavy atom. The summed E-state index contributed by atoms with van der Waals surface area (Å²) in [6, 6.07) is 3.25. The van der Waals surface area contributed by atoms with E-state index in [1.807, 2.05) is 0 Å². The maximum atomic E-state index is 13.7. The lowest BCUT2D eigenvalue weighted by Crippen LogP contribution is -2.21. The van der Waals surface area contributed by atoms with Crippen LogP contribution in [0.15, 0.2) is 12.1 Å². The van der Waals surface area contributed by atoms with Crippen molar-refractivity contribution < 1.29 is 14.2 Å². The van der Waals surface area contributed by atoms with Crippen LogP contribution in [0.25, 0.3) is 0 Å². The smallest absolute Gasteiger partial charge is 0.165 e. The molecule has 0 fully saturated rings. The third-order valence-electron chi connectivity index (χ3n) is 3.38. The molecule has 1 aliphatic heterocycles. The van der Waals surface area contributed by atoms with Crippen molar-refractivity contribution in [3.05, 3.63) is 23.5 Å². The Hall–Kier alpha value is -1.29.